The summed E-state index contributed by atoms with van der Waals surface area (Å²) in [5, 5.41) is 0.533. The number of ether oxygens (including phenoxy) is 1. The van der Waals surface area contributed by atoms with Crippen LogP contribution in [0, 0.1) is 5.82 Å². The van der Waals surface area contributed by atoms with Gasteiger partial charge in [-0.15, -0.1) is 11.8 Å². The van der Waals surface area contributed by atoms with Crippen LogP contribution in [0.2, 0.25) is 5.02 Å². The second-order valence-corrected chi connectivity index (χ2v) is 9.58. The topological polar surface area (TPSA) is 49.9 Å². The molecule has 1 unspecified atom stereocenters. The fourth-order valence-corrected chi connectivity index (χ4v) is 6.02. The predicted molar refractivity (Wildman–Crippen MR) is 127 cm³/mol. The van der Waals surface area contributed by atoms with E-state index < -0.39 is 4.87 Å². The molecule has 2 amide bonds. The maximum Gasteiger partial charge on any atom is 0.268 e. The molecule has 5 nitrogen and oxygen atoms in total. The number of methoxy groups -OCH3 is 1. The molecular formula is C25H20ClFN2O3S. The van der Waals surface area contributed by atoms with E-state index in [9.17, 15) is 14.0 Å². The number of anilines is 1. The van der Waals surface area contributed by atoms with Gasteiger partial charge in [0.05, 0.1) is 19.3 Å². The standard InChI is InChI=1S/C25H20ClFN2O3S/c1-32-20-9-10-22-21(14-20)25(24(31)28(22)15-16-3-2-4-19(27)13-16)29(11-12-33-25)23(30)17-5-7-18(26)8-6-17/h2-10,13-14H,11-12,15H2,1H3. The Kier molecular flexibility index (Phi) is 5.54. The number of hydrogen-bond donors (Lipinski definition) is 0. The molecule has 1 fully saturated rings. The van der Waals surface area contributed by atoms with Crippen LogP contribution in [-0.4, -0.2) is 36.1 Å². The van der Waals surface area contributed by atoms with Crippen LogP contribution in [0.3, 0.4) is 0 Å². The van der Waals surface area contributed by atoms with Gasteiger partial charge in [-0.25, -0.2) is 4.39 Å². The van der Waals surface area contributed by atoms with Crippen molar-refractivity contribution < 1.29 is 18.7 Å². The summed E-state index contributed by atoms with van der Waals surface area (Å²) in [6, 6.07) is 18.3. The van der Waals surface area contributed by atoms with Crippen molar-refractivity contribution in [1.82, 2.24) is 4.90 Å². The van der Waals surface area contributed by atoms with Crippen LogP contribution in [-0.2, 0) is 16.2 Å². The Morgan fingerprint density at radius 2 is 1.94 bits per heavy atom. The number of hydrogen-bond acceptors (Lipinski definition) is 4. The van der Waals surface area contributed by atoms with Gasteiger partial charge < -0.3 is 14.5 Å². The summed E-state index contributed by atoms with van der Waals surface area (Å²) in [7, 11) is 1.56. The van der Waals surface area contributed by atoms with Crippen LogP contribution in [0.1, 0.15) is 21.5 Å². The molecule has 2 heterocycles. The Morgan fingerprint density at radius 1 is 1.15 bits per heavy atom. The lowest BCUT2D eigenvalue weighted by molar-refractivity contribution is -0.123. The molecule has 0 N–H and O–H groups in total. The Morgan fingerprint density at radius 3 is 2.67 bits per heavy atom. The van der Waals surface area contributed by atoms with Crippen LogP contribution in [0.15, 0.2) is 66.7 Å². The highest BCUT2D eigenvalue weighted by molar-refractivity contribution is 8.01. The van der Waals surface area contributed by atoms with Crippen LogP contribution in [0.5, 0.6) is 5.75 Å². The molecule has 5 rings (SSSR count). The highest BCUT2D eigenvalue weighted by Crippen LogP contribution is 2.55. The van der Waals surface area contributed by atoms with Gasteiger partial charge in [0.2, 0.25) is 0 Å². The van der Waals surface area contributed by atoms with Gasteiger partial charge in [-0.3, -0.25) is 9.59 Å². The fraction of sp³-hybridized carbons (Fsp3) is 0.200. The summed E-state index contributed by atoms with van der Waals surface area (Å²) < 4.78 is 19.3. The quantitative estimate of drug-likeness (QED) is 0.520. The van der Waals surface area contributed by atoms with Crippen molar-refractivity contribution in [1.29, 1.82) is 0 Å². The normalized spacial score (nSPS) is 19.3. The second kappa shape index (κ2) is 8.39. The van der Waals surface area contributed by atoms with Crippen LogP contribution in [0.25, 0.3) is 0 Å². The predicted octanol–water partition coefficient (Wildman–Crippen LogP) is 5.08. The lowest BCUT2D eigenvalue weighted by Crippen LogP contribution is -2.50. The molecule has 0 bridgehead atoms. The van der Waals surface area contributed by atoms with Crippen molar-refractivity contribution in [2.75, 3.05) is 24.3 Å². The molecule has 0 radical (unpaired) electrons. The van der Waals surface area contributed by atoms with Gasteiger partial charge in [0.15, 0.2) is 4.87 Å². The van der Waals surface area contributed by atoms with Crippen LogP contribution >= 0.6 is 23.4 Å². The Hall–Kier alpha value is -3.03. The van der Waals surface area contributed by atoms with Gasteiger partial charge in [-0.05, 0) is 60.2 Å². The number of carbonyl (C=O) groups is 2. The molecule has 1 saturated heterocycles. The molecule has 1 atom stereocenters. The number of thioether (sulfide) groups is 1. The molecule has 0 aliphatic carbocycles. The van der Waals surface area contributed by atoms with Gasteiger partial charge in [0.1, 0.15) is 11.6 Å². The van der Waals surface area contributed by atoms with Gasteiger partial charge in [0.25, 0.3) is 11.8 Å². The molecule has 0 saturated carbocycles. The van der Waals surface area contributed by atoms with Crippen molar-refractivity contribution in [3.05, 3.63) is 94.3 Å². The van der Waals surface area contributed by atoms with E-state index in [4.69, 9.17) is 16.3 Å². The summed E-state index contributed by atoms with van der Waals surface area (Å²) in [6.45, 7) is 0.615. The zero-order valence-corrected chi connectivity index (χ0v) is 19.3. The third-order valence-electron chi connectivity index (χ3n) is 5.97. The van der Waals surface area contributed by atoms with E-state index in [0.717, 1.165) is 0 Å². The van der Waals surface area contributed by atoms with Crippen molar-refractivity contribution in [2.24, 2.45) is 0 Å². The number of carbonyl (C=O) groups excluding carboxylic acids is 2. The number of halogens is 2. The number of nitrogens with zero attached hydrogens (tertiary/aromatic N) is 2. The van der Waals surface area contributed by atoms with E-state index in [1.165, 1.54) is 23.9 Å². The zero-order chi connectivity index (χ0) is 23.2. The Balaban J connectivity index is 1.61. The monoisotopic (exact) mass is 482 g/mol. The van der Waals surface area contributed by atoms with E-state index >= 15 is 0 Å². The van der Waals surface area contributed by atoms with E-state index in [1.54, 1.807) is 59.4 Å². The first-order valence-corrected chi connectivity index (χ1v) is 11.8. The van der Waals surface area contributed by atoms with Crippen LogP contribution < -0.4 is 9.64 Å². The van der Waals surface area contributed by atoms with Gasteiger partial charge in [-0.2, -0.15) is 0 Å². The van der Waals surface area contributed by atoms with Gasteiger partial charge in [-0.1, -0.05) is 23.7 Å². The van der Waals surface area contributed by atoms with E-state index in [2.05, 4.69) is 0 Å². The summed E-state index contributed by atoms with van der Waals surface area (Å²) >= 11 is 7.43. The first-order valence-electron chi connectivity index (χ1n) is 10.4. The number of fused-ring (bicyclic) bond motifs is 2. The van der Waals surface area contributed by atoms with E-state index in [0.29, 0.717) is 45.4 Å². The largest absolute Gasteiger partial charge is 0.497 e. The third-order valence-corrected chi connectivity index (χ3v) is 7.64. The smallest absolute Gasteiger partial charge is 0.268 e. The minimum absolute atomic E-state index is 0.196. The molecule has 1 spiro atoms. The number of benzene rings is 3. The lowest BCUT2D eigenvalue weighted by atomic mass is 10.0. The molecule has 2 aliphatic rings. The van der Waals surface area contributed by atoms with Crippen molar-refractivity contribution in [3.63, 3.8) is 0 Å². The summed E-state index contributed by atoms with van der Waals surface area (Å²) in [4.78, 5) is 29.6. The minimum atomic E-state index is -1.21. The molecule has 168 valence electrons. The average molecular weight is 483 g/mol. The van der Waals surface area contributed by atoms with Crippen LogP contribution in [0.4, 0.5) is 10.1 Å². The Labute approximate surface area is 200 Å². The first-order chi connectivity index (χ1) is 15.9. The SMILES string of the molecule is COc1ccc2c(c1)C1(SCCN1C(=O)c1ccc(Cl)cc1)C(=O)N2Cc1cccc(F)c1. The second-order valence-electron chi connectivity index (χ2n) is 7.86. The third kappa shape index (κ3) is 3.56. The maximum atomic E-state index is 14.0. The molecule has 0 aromatic heterocycles. The molecular weight excluding hydrogens is 463 g/mol. The van der Waals surface area contributed by atoms with Gasteiger partial charge >= 0.3 is 0 Å². The van der Waals surface area contributed by atoms with Crippen molar-refractivity contribution in [3.8, 4) is 5.75 Å². The summed E-state index contributed by atoms with van der Waals surface area (Å²) in [6.07, 6.45) is 0. The van der Waals surface area contributed by atoms with E-state index in [1.807, 2.05) is 12.1 Å². The molecule has 3 aromatic rings. The van der Waals surface area contributed by atoms with Gasteiger partial charge in [0, 0.05) is 28.4 Å². The minimum Gasteiger partial charge on any atom is -0.497 e. The first kappa shape index (κ1) is 21.8. The summed E-state index contributed by atoms with van der Waals surface area (Å²) in [5.41, 5.74) is 2.52. The molecule has 3 aromatic carbocycles. The number of amides is 2. The average Bonchev–Trinajstić information content (AvgIpc) is 3.36. The zero-order valence-electron chi connectivity index (χ0n) is 17.8. The van der Waals surface area contributed by atoms with Crippen molar-refractivity contribution >= 4 is 40.9 Å². The lowest BCUT2D eigenvalue weighted by Gasteiger charge is -2.33. The highest BCUT2D eigenvalue weighted by atomic mass is 35.5. The maximum absolute atomic E-state index is 14.0. The van der Waals surface area contributed by atoms with E-state index in [-0.39, 0.29) is 24.2 Å². The number of rotatable bonds is 4. The highest BCUT2D eigenvalue weighted by Gasteiger charge is 2.59. The van der Waals surface area contributed by atoms with Crippen molar-refractivity contribution in [2.45, 2.75) is 11.4 Å². The fourth-order valence-electron chi connectivity index (χ4n) is 4.44. The summed E-state index contributed by atoms with van der Waals surface area (Å²) in [5.74, 6) is 0.375. The Bertz CT molecular complexity index is 1250. The molecule has 8 heteroatoms. The molecule has 33 heavy (non-hydrogen) atoms. The molecule has 2 aliphatic heterocycles.